The molecule has 0 aromatic heterocycles. The molecule has 0 unspecified atom stereocenters. The van der Waals surface area contributed by atoms with E-state index in [9.17, 15) is 0 Å². The van der Waals surface area contributed by atoms with Crippen molar-refractivity contribution in [3.05, 3.63) is 35.5 Å². The van der Waals surface area contributed by atoms with E-state index in [4.69, 9.17) is 0 Å². The topological polar surface area (TPSA) is 0 Å². The molecule has 0 bridgehead atoms. The van der Waals surface area contributed by atoms with Crippen LogP contribution in [0, 0.1) is 0 Å². The van der Waals surface area contributed by atoms with Crippen LogP contribution in [0.25, 0.3) is 0 Å². The lowest BCUT2D eigenvalue weighted by Crippen LogP contribution is -2.08. The van der Waals surface area contributed by atoms with Gasteiger partial charge in [0.15, 0.2) is 0 Å². The average molecular weight is 162 g/mol. The molecule has 0 saturated carbocycles. The first-order valence-corrected chi connectivity index (χ1v) is 4.77. The fraction of sp³-hybridized carbons (Fsp3) is 0.500. The molecule has 12 heavy (non-hydrogen) atoms. The second-order valence-corrected chi connectivity index (χ2v) is 3.52. The van der Waals surface area contributed by atoms with Crippen molar-refractivity contribution >= 4 is 0 Å². The van der Waals surface area contributed by atoms with Gasteiger partial charge in [0.25, 0.3) is 0 Å². The number of hydrogen-bond acceptors (Lipinski definition) is 0. The molecule has 0 N–H and O–H groups in total. The minimum absolute atomic E-state index is 1.17. The first-order valence-electron chi connectivity index (χ1n) is 4.77. The van der Waals surface area contributed by atoms with Crippen molar-refractivity contribution in [1.29, 1.82) is 0 Å². The molecule has 0 aromatic carbocycles. The van der Waals surface area contributed by atoms with Crippen LogP contribution < -0.4 is 0 Å². The summed E-state index contributed by atoms with van der Waals surface area (Å²) in [6, 6.07) is 0. The van der Waals surface area contributed by atoms with Crippen molar-refractivity contribution in [2.75, 3.05) is 0 Å². The van der Waals surface area contributed by atoms with Crippen LogP contribution in [-0.2, 0) is 0 Å². The summed E-state index contributed by atoms with van der Waals surface area (Å²) >= 11 is 0. The third-order valence-corrected chi connectivity index (χ3v) is 2.66. The lowest BCUT2D eigenvalue weighted by Gasteiger charge is -2.27. The van der Waals surface area contributed by atoms with Crippen molar-refractivity contribution in [2.24, 2.45) is 0 Å². The van der Waals surface area contributed by atoms with Gasteiger partial charge in [-0.05, 0) is 42.1 Å². The predicted octanol–water partition coefficient (Wildman–Crippen LogP) is 4.01. The quantitative estimate of drug-likeness (QED) is 0.548. The van der Waals surface area contributed by atoms with E-state index in [1.54, 1.807) is 0 Å². The van der Waals surface area contributed by atoms with E-state index in [0.29, 0.717) is 0 Å². The van der Waals surface area contributed by atoms with Gasteiger partial charge in [0, 0.05) is 0 Å². The van der Waals surface area contributed by atoms with E-state index >= 15 is 0 Å². The molecule has 0 atom stereocenters. The summed E-state index contributed by atoms with van der Waals surface area (Å²) in [5, 5.41) is 0. The summed E-state index contributed by atoms with van der Waals surface area (Å²) in [4.78, 5) is 0. The molecule has 0 saturated heterocycles. The van der Waals surface area contributed by atoms with Crippen LogP contribution in [0.1, 0.15) is 39.5 Å². The Morgan fingerprint density at radius 2 is 1.75 bits per heavy atom. The van der Waals surface area contributed by atoms with Crippen LogP contribution in [-0.4, -0.2) is 0 Å². The molecular formula is C12H18. The normalized spacial score (nSPS) is 16.8. The molecule has 0 spiro atoms. The maximum atomic E-state index is 3.99. The first kappa shape index (κ1) is 9.31. The standard InChI is InChI=1S/C12H18/c1-5-6-7-8-12-10(3)9(2)11(12)4/h2-3,5-8H2,1,4H3. The van der Waals surface area contributed by atoms with Crippen LogP contribution in [0.2, 0.25) is 0 Å². The number of unbranched alkanes of at least 4 members (excludes halogenated alkanes) is 2. The Balaban J connectivity index is 2.44. The number of rotatable bonds is 4. The van der Waals surface area contributed by atoms with Gasteiger partial charge in [-0.3, -0.25) is 0 Å². The third-order valence-electron chi connectivity index (χ3n) is 2.66. The van der Waals surface area contributed by atoms with E-state index in [1.807, 2.05) is 0 Å². The molecule has 66 valence electrons. The molecular weight excluding hydrogens is 144 g/mol. The molecule has 0 heteroatoms. The molecule has 0 heterocycles. The Morgan fingerprint density at radius 3 is 2.25 bits per heavy atom. The Bertz CT molecular complexity index is 241. The first-order chi connectivity index (χ1) is 5.68. The zero-order chi connectivity index (χ0) is 9.14. The van der Waals surface area contributed by atoms with Crippen molar-refractivity contribution in [2.45, 2.75) is 39.5 Å². The van der Waals surface area contributed by atoms with Gasteiger partial charge >= 0.3 is 0 Å². The zero-order valence-corrected chi connectivity index (χ0v) is 8.24. The second-order valence-electron chi connectivity index (χ2n) is 3.52. The smallest absolute Gasteiger partial charge is 0.0224 e. The molecule has 1 aliphatic carbocycles. The molecule has 0 aliphatic heterocycles. The molecule has 0 radical (unpaired) electrons. The van der Waals surface area contributed by atoms with Gasteiger partial charge in [0.05, 0.1) is 0 Å². The summed E-state index contributed by atoms with van der Waals surface area (Å²) in [5.74, 6) is 0. The molecule has 0 aromatic rings. The van der Waals surface area contributed by atoms with Crippen LogP contribution >= 0.6 is 0 Å². The Morgan fingerprint density at radius 1 is 1.08 bits per heavy atom. The molecule has 1 rings (SSSR count). The minimum atomic E-state index is 1.17. The Hall–Kier alpha value is -0.780. The summed E-state index contributed by atoms with van der Waals surface area (Å²) in [5.41, 5.74) is 5.22. The highest BCUT2D eigenvalue weighted by Crippen LogP contribution is 2.39. The van der Waals surface area contributed by atoms with Crippen molar-refractivity contribution in [3.8, 4) is 0 Å². The summed E-state index contributed by atoms with van der Waals surface area (Å²) in [7, 11) is 0. The Labute approximate surface area is 75.7 Å². The van der Waals surface area contributed by atoms with Gasteiger partial charge in [-0.2, -0.15) is 0 Å². The van der Waals surface area contributed by atoms with Crippen LogP contribution in [0.3, 0.4) is 0 Å². The third kappa shape index (κ3) is 1.52. The number of allylic oxidation sites excluding steroid dienone is 4. The van der Waals surface area contributed by atoms with E-state index < -0.39 is 0 Å². The van der Waals surface area contributed by atoms with Crippen LogP contribution in [0.5, 0.6) is 0 Å². The lowest BCUT2D eigenvalue weighted by atomic mass is 9.78. The molecule has 1 aliphatic rings. The maximum Gasteiger partial charge on any atom is -0.0224 e. The van der Waals surface area contributed by atoms with Crippen molar-refractivity contribution < 1.29 is 0 Å². The highest BCUT2D eigenvalue weighted by atomic mass is 14.2. The molecule has 0 fully saturated rings. The summed E-state index contributed by atoms with van der Waals surface area (Å²) in [6.45, 7) is 12.3. The molecule has 0 nitrogen and oxygen atoms in total. The van der Waals surface area contributed by atoms with Gasteiger partial charge in [-0.1, -0.05) is 32.9 Å². The largest absolute Gasteiger partial charge is 0.0909 e. The number of hydrogen-bond donors (Lipinski definition) is 0. The van der Waals surface area contributed by atoms with Crippen LogP contribution in [0.15, 0.2) is 35.5 Å². The van der Waals surface area contributed by atoms with Gasteiger partial charge < -0.3 is 0 Å². The SMILES string of the molecule is C=C1C(=C)C(CCCCC)=C1C. The van der Waals surface area contributed by atoms with Crippen molar-refractivity contribution in [1.82, 2.24) is 0 Å². The molecule has 0 amide bonds. The van der Waals surface area contributed by atoms with Gasteiger partial charge in [0.1, 0.15) is 0 Å². The van der Waals surface area contributed by atoms with Crippen LogP contribution in [0.4, 0.5) is 0 Å². The predicted molar refractivity (Wildman–Crippen MR) is 55.1 cm³/mol. The fourth-order valence-electron chi connectivity index (χ4n) is 1.64. The van der Waals surface area contributed by atoms with E-state index in [-0.39, 0.29) is 0 Å². The highest BCUT2D eigenvalue weighted by molar-refractivity contribution is 5.66. The summed E-state index contributed by atoms with van der Waals surface area (Å²) < 4.78 is 0. The average Bonchev–Trinajstić information content (AvgIpc) is 2.11. The monoisotopic (exact) mass is 162 g/mol. The maximum absolute atomic E-state index is 3.99. The van der Waals surface area contributed by atoms with Gasteiger partial charge in [-0.15, -0.1) is 0 Å². The van der Waals surface area contributed by atoms with E-state index in [0.717, 1.165) is 0 Å². The summed E-state index contributed by atoms with van der Waals surface area (Å²) in [6.07, 6.45) is 5.13. The van der Waals surface area contributed by atoms with Gasteiger partial charge in [-0.25, -0.2) is 0 Å². The second kappa shape index (κ2) is 3.75. The fourth-order valence-corrected chi connectivity index (χ4v) is 1.64. The van der Waals surface area contributed by atoms with E-state index in [2.05, 4.69) is 27.0 Å². The van der Waals surface area contributed by atoms with Crippen molar-refractivity contribution in [3.63, 3.8) is 0 Å². The minimum Gasteiger partial charge on any atom is -0.0909 e. The zero-order valence-electron chi connectivity index (χ0n) is 8.24. The van der Waals surface area contributed by atoms with E-state index in [1.165, 1.54) is 48.0 Å². The van der Waals surface area contributed by atoms with Gasteiger partial charge in [0.2, 0.25) is 0 Å². The highest BCUT2D eigenvalue weighted by Gasteiger charge is 2.20. The Kier molecular flexibility index (Phi) is 2.91. The lowest BCUT2D eigenvalue weighted by molar-refractivity contribution is 0.709.